The van der Waals surface area contributed by atoms with Crippen molar-refractivity contribution in [3.8, 4) is 11.3 Å². The molecule has 0 aliphatic rings. The molecule has 0 atom stereocenters. The molecule has 0 radical (unpaired) electrons. The van der Waals surface area contributed by atoms with Crippen molar-refractivity contribution in [3.63, 3.8) is 0 Å². The summed E-state index contributed by atoms with van der Waals surface area (Å²) in [7, 11) is 0. The second kappa shape index (κ2) is 5.79. The molecule has 2 heterocycles. The molecule has 100 valence electrons. The van der Waals surface area contributed by atoms with Gasteiger partial charge in [-0.05, 0) is 24.3 Å². The normalized spacial score (nSPS) is 10.5. The van der Waals surface area contributed by atoms with Crippen LogP contribution in [0.3, 0.4) is 0 Å². The second-order valence-electron chi connectivity index (χ2n) is 3.99. The number of benzene rings is 1. The molecular weight excluding hydrogens is 313 g/mol. The lowest BCUT2D eigenvalue weighted by Crippen LogP contribution is -1.97. The van der Waals surface area contributed by atoms with E-state index in [0.29, 0.717) is 14.6 Å². The first-order valence-corrected chi connectivity index (χ1v) is 7.40. The molecule has 6 heteroatoms. The van der Waals surface area contributed by atoms with E-state index in [1.165, 1.54) is 11.3 Å². The van der Waals surface area contributed by atoms with E-state index >= 15 is 0 Å². The molecule has 0 saturated carbocycles. The van der Waals surface area contributed by atoms with Crippen LogP contribution in [0, 0.1) is 0 Å². The largest absolute Gasteiger partial charge is 0.324 e. The summed E-state index contributed by atoms with van der Waals surface area (Å²) in [5.74, 6) is 0.520. The molecular formula is C14H9Cl2N3S. The van der Waals surface area contributed by atoms with E-state index in [2.05, 4.69) is 15.3 Å². The van der Waals surface area contributed by atoms with Crippen molar-refractivity contribution in [1.82, 2.24) is 9.97 Å². The van der Waals surface area contributed by atoms with Crippen LogP contribution in [0.4, 0.5) is 11.6 Å². The molecule has 0 fully saturated rings. The molecule has 20 heavy (non-hydrogen) atoms. The number of halogens is 2. The first-order valence-electron chi connectivity index (χ1n) is 5.83. The maximum Gasteiger partial charge on any atom is 0.227 e. The summed E-state index contributed by atoms with van der Waals surface area (Å²) in [5.41, 5.74) is 2.49. The molecule has 3 rings (SSSR count). The Kier molecular flexibility index (Phi) is 3.87. The lowest BCUT2D eigenvalue weighted by Gasteiger charge is -2.05. The zero-order valence-electron chi connectivity index (χ0n) is 10.2. The summed E-state index contributed by atoms with van der Waals surface area (Å²) in [5, 5.41) is 3.15. The van der Waals surface area contributed by atoms with Crippen LogP contribution in [0.1, 0.15) is 0 Å². The van der Waals surface area contributed by atoms with E-state index in [0.717, 1.165) is 16.9 Å². The molecule has 2 aromatic heterocycles. The van der Waals surface area contributed by atoms with Gasteiger partial charge in [0.05, 0.1) is 10.0 Å². The number of rotatable bonds is 3. The van der Waals surface area contributed by atoms with E-state index in [9.17, 15) is 0 Å². The molecule has 3 aromatic rings. The summed E-state index contributed by atoms with van der Waals surface area (Å²) >= 11 is 13.4. The van der Waals surface area contributed by atoms with Crippen LogP contribution >= 0.6 is 34.5 Å². The molecule has 0 saturated heterocycles. The first-order chi connectivity index (χ1) is 9.72. The molecule has 0 aliphatic carbocycles. The van der Waals surface area contributed by atoms with Gasteiger partial charge in [0.2, 0.25) is 5.95 Å². The van der Waals surface area contributed by atoms with Gasteiger partial charge in [0.25, 0.3) is 0 Å². The smallest absolute Gasteiger partial charge is 0.227 e. The van der Waals surface area contributed by atoms with Crippen molar-refractivity contribution in [1.29, 1.82) is 0 Å². The molecule has 1 N–H and O–H groups in total. The summed E-state index contributed by atoms with van der Waals surface area (Å²) in [6, 6.07) is 13.4. The van der Waals surface area contributed by atoms with E-state index in [-0.39, 0.29) is 0 Å². The standard InChI is InChI=1S/C14H9Cl2N3S/c15-12-8-10(13(16)20-12)11-6-7-17-14(19-11)18-9-4-2-1-3-5-9/h1-8H,(H,17,18,19). The topological polar surface area (TPSA) is 37.8 Å². The fourth-order valence-electron chi connectivity index (χ4n) is 1.73. The number of hydrogen-bond donors (Lipinski definition) is 1. The highest BCUT2D eigenvalue weighted by atomic mass is 35.5. The van der Waals surface area contributed by atoms with E-state index in [1.807, 2.05) is 36.4 Å². The van der Waals surface area contributed by atoms with Crippen LogP contribution in [0.15, 0.2) is 48.7 Å². The minimum absolute atomic E-state index is 0.520. The lowest BCUT2D eigenvalue weighted by molar-refractivity contribution is 1.17. The summed E-state index contributed by atoms with van der Waals surface area (Å²) in [6.45, 7) is 0. The minimum Gasteiger partial charge on any atom is -0.324 e. The van der Waals surface area contributed by atoms with Crippen LogP contribution in [0.2, 0.25) is 8.67 Å². The third-order valence-corrected chi connectivity index (χ3v) is 4.11. The quantitative estimate of drug-likeness (QED) is 0.715. The Morgan fingerprint density at radius 2 is 1.85 bits per heavy atom. The third kappa shape index (κ3) is 2.93. The van der Waals surface area contributed by atoms with E-state index < -0.39 is 0 Å². The van der Waals surface area contributed by atoms with Crippen molar-refractivity contribution in [3.05, 3.63) is 57.3 Å². The fraction of sp³-hybridized carbons (Fsp3) is 0. The maximum absolute atomic E-state index is 6.15. The highest BCUT2D eigenvalue weighted by Crippen LogP contribution is 2.37. The monoisotopic (exact) mass is 321 g/mol. The number of anilines is 2. The Morgan fingerprint density at radius 1 is 1.05 bits per heavy atom. The molecule has 3 nitrogen and oxygen atoms in total. The number of thiophene rings is 1. The van der Waals surface area contributed by atoms with Gasteiger partial charge in [0.1, 0.15) is 4.34 Å². The van der Waals surface area contributed by atoms with Crippen molar-refractivity contribution in [2.75, 3.05) is 5.32 Å². The van der Waals surface area contributed by atoms with Gasteiger partial charge in [-0.15, -0.1) is 11.3 Å². The SMILES string of the molecule is Clc1cc(-c2ccnc(Nc3ccccc3)n2)c(Cl)s1. The average molecular weight is 322 g/mol. The molecule has 0 aliphatic heterocycles. The van der Waals surface area contributed by atoms with Gasteiger partial charge in [0.15, 0.2) is 0 Å². The Labute approximate surface area is 130 Å². The van der Waals surface area contributed by atoms with E-state index in [1.54, 1.807) is 12.3 Å². The number of nitrogens with zero attached hydrogens (tertiary/aromatic N) is 2. The van der Waals surface area contributed by atoms with Gasteiger partial charge < -0.3 is 5.32 Å². The molecule has 0 unspecified atom stereocenters. The zero-order valence-corrected chi connectivity index (χ0v) is 12.5. The van der Waals surface area contributed by atoms with Crippen molar-refractivity contribution >= 4 is 46.2 Å². The van der Waals surface area contributed by atoms with Crippen molar-refractivity contribution in [2.24, 2.45) is 0 Å². The Morgan fingerprint density at radius 3 is 2.55 bits per heavy atom. The van der Waals surface area contributed by atoms with Crippen LogP contribution in [-0.2, 0) is 0 Å². The third-order valence-electron chi connectivity index (χ3n) is 2.62. The second-order valence-corrected chi connectivity index (χ2v) is 6.28. The highest BCUT2D eigenvalue weighted by molar-refractivity contribution is 7.20. The lowest BCUT2D eigenvalue weighted by atomic mass is 10.2. The summed E-state index contributed by atoms with van der Waals surface area (Å²) < 4.78 is 1.26. The van der Waals surface area contributed by atoms with Gasteiger partial charge in [-0.1, -0.05) is 41.4 Å². The molecule has 0 amide bonds. The van der Waals surface area contributed by atoms with Gasteiger partial charge in [-0.2, -0.15) is 0 Å². The van der Waals surface area contributed by atoms with Gasteiger partial charge in [0, 0.05) is 17.4 Å². The van der Waals surface area contributed by atoms with E-state index in [4.69, 9.17) is 23.2 Å². The molecule has 0 spiro atoms. The van der Waals surface area contributed by atoms with Crippen molar-refractivity contribution < 1.29 is 0 Å². The van der Waals surface area contributed by atoms with Crippen LogP contribution in [-0.4, -0.2) is 9.97 Å². The zero-order chi connectivity index (χ0) is 13.9. The van der Waals surface area contributed by atoms with Crippen molar-refractivity contribution in [2.45, 2.75) is 0 Å². The van der Waals surface area contributed by atoms with Crippen LogP contribution in [0.25, 0.3) is 11.3 Å². The Bertz CT molecular complexity index is 728. The number of nitrogens with one attached hydrogen (secondary N) is 1. The minimum atomic E-state index is 0.520. The van der Waals surface area contributed by atoms with Crippen LogP contribution < -0.4 is 5.32 Å². The predicted molar refractivity (Wildman–Crippen MR) is 85.1 cm³/mol. The Balaban J connectivity index is 1.92. The van der Waals surface area contributed by atoms with Gasteiger partial charge in [-0.3, -0.25) is 0 Å². The summed E-state index contributed by atoms with van der Waals surface area (Å²) in [6.07, 6.45) is 1.69. The first kappa shape index (κ1) is 13.4. The average Bonchev–Trinajstić information content (AvgIpc) is 2.79. The van der Waals surface area contributed by atoms with Gasteiger partial charge >= 0.3 is 0 Å². The fourth-order valence-corrected chi connectivity index (χ4v) is 3.22. The highest BCUT2D eigenvalue weighted by Gasteiger charge is 2.10. The predicted octanol–water partition coefficient (Wildman–Crippen LogP) is 5.26. The number of aromatic nitrogens is 2. The Hall–Kier alpha value is -1.62. The van der Waals surface area contributed by atoms with Crippen LogP contribution in [0.5, 0.6) is 0 Å². The molecule has 1 aromatic carbocycles. The number of hydrogen-bond acceptors (Lipinski definition) is 4. The van der Waals surface area contributed by atoms with Gasteiger partial charge in [-0.25, -0.2) is 9.97 Å². The maximum atomic E-state index is 6.15. The molecule has 0 bridgehead atoms. The summed E-state index contributed by atoms with van der Waals surface area (Å²) in [4.78, 5) is 8.66. The number of para-hydroxylation sites is 1.